The monoisotopic (exact) mass is 254 g/mol. The molecule has 0 saturated heterocycles. The smallest absolute Gasteiger partial charge is 0.338 e. The molecule has 0 aliphatic carbocycles. The van der Waals surface area contributed by atoms with E-state index in [1.54, 1.807) is 0 Å². The number of carbonyl (C=O) groups is 1. The van der Waals surface area contributed by atoms with Crippen molar-refractivity contribution in [1.29, 1.82) is 0 Å². The van der Waals surface area contributed by atoms with Crippen LogP contribution in [0, 0.1) is 5.92 Å². The van der Waals surface area contributed by atoms with Gasteiger partial charge >= 0.3 is 5.97 Å². The van der Waals surface area contributed by atoms with E-state index < -0.39 is 5.97 Å². The molecule has 1 heterocycles. The van der Waals surface area contributed by atoms with Gasteiger partial charge < -0.3 is 14.3 Å². The third-order valence-corrected chi connectivity index (χ3v) is 3.04. The van der Waals surface area contributed by atoms with Gasteiger partial charge in [0.05, 0.1) is 5.56 Å². The highest BCUT2D eigenvalue weighted by atomic mass is 16.5. The van der Waals surface area contributed by atoms with Gasteiger partial charge in [-0.3, -0.25) is 0 Å². The van der Waals surface area contributed by atoms with Crippen molar-refractivity contribution in [3.63, 3.8) is 0 Å². The van der Waals surface area contributed by atoms with E-state index in [-0.39, 0.29) is 5.56 Å². The second-order valence-electron chi connectivity index (χ2n) is 4.54. The summed E-state index contributed by atoms with van der Waals surface area (Å²) in [6, 6.07) is 1.51. The number of hydrogen-bond acceptors (Lipinski definition) is 3. The summed E-state index contributed by atoms with van der Waals surface area (Å²) in [7, 11) is 0. The van der Waals surface area contributed by atoms with E-state index in [1.807, 2.05) is 0 Å². The minimum atomic E-state index is -0.973. The lowest BCUT2D eigenvalue weighted by Gasteiger charge is -2.13. The highest BCUT2D eigenvalue weighted by Crippen LogP contribution is 2.15. The molecular formula is C14H22O4. The summed E-state index contributed by atoms with van der Waals surface area (Å²) in [6.07, 6.45) is 5.97. The third-order valence-electron chi connectivity index (χ3n) is 3.04. The lowest BCUT2D eigenvalue weighted by Crippen LogP contribution is -2.08. The number of unbranched alkanes of at least 4 members (excludes halogenated alkanes) is 1. The van der Waals surface area contributed by atoms with Gasteiger partial charge in [0.25, 0.3) is 0 Å². The molecule has 0 saturated carbocycles. The molecule has 102 valence electrons. The van der Waals surface area contributed by atoms with Crippen molar-refractivity contribution >= 4 is 5.97 Å². The van der Waals surface area contributed by atoms with Crippen molar-refractivity contribution in [3.05, 3.63) is 23.7 Å². The molecule has 0 aliphatic rings. The van der Waals surface area contributed by atoms with Gasteiger partial charge in [0.1, 0.15) is 18.6 Å². The highest BCUT2D eigenvalue weighted by Gasteiger charge is 2.10. The van der Waals surface area contributed by atoms with E-state index in [9.17, 15) is 4.79 Å². The molecule has 1 atom stereocenters. The average Bonchev–Trinajstić information content (AvgIpc) is 2.82. The SMILES string of the molecule is CCCCC(CC)COCc1cc(C(=O)O)co1. The van der Waals surface area contributed by atoms with Crippen LogP contribution in [-0.2, 0) is 11.3 Å². The minimum absolute atomic E-state index is 0.173. The highest BCUT2D eigenvalue weighted by molar-refractivity contribution is 5.87. The molecule has 0 bridgehead atoms. The van der Waals surface area contributed by atoms with Gasteiger partial charge in [-0.15, -0.1) is 0 Å². The molecule has 1 aromatic heterocycles. The van der Waals surface area contributed by atoms with Crippen LogP contribution in [0.1, 0.15) is 55.6 Å². The molecule has 0 radical (unpaired) electrons. The second-order valence-corrected chi connectivity index (χ2v) is 4.54. The Morgan fingerprint density at radius 3 is 2.83 bits per heavy atom. The van der Waals surface area contributed by atoms with E-state index in [0.29, 0.717) is 24.9 Å². The van der Waals surface area contributed by atoms with Crippen LogP contribution in [0.2, 0.25) is 0 Å². The van der Waals surface area contributed by atoms with Crippen molar-refractivity contribution in [2.45, 2.75) is 46.1 Å². The van der Waals surface area contributed by atoms with Crippen molar-refractivity contribution in [2.75, 3.05) is 6.61 Å². The van der Waals surface area contributed by atoms with Gasteiger partial charge in [-0.25, -0.2) is 4.79 Å². The molecule has 1 aromatic rings. The lowest BCUT2D eigenvalue weighted by atomic mass is 10.0. The van der Waals surface area contributed by atoms with Crippen LogP contribution < -0.4 is 0 Å². The Bertz CT molecular complexity index is 356. The normalized spacial score (nSPS) is 12.6. The van der Waals surface area contributed by atoms with Crippen LogP contribution in [0.5, 0.6) is 0 Å². The predicted octanol–water partition coefficient (Wildman–Crippen LogP) is 3.71. The molecule has 1 N–H and O–H groups in total. The van der Waals surface area contributed by atoms with Crippen molar-refractivity contribution in [2.24, 2.45) is 5.92 Å². The van der Waals surface area contributed by atoms with Gasteiger partial charge in [-0.1, -0.05) is 33.1 Å². The Balaban J connectivity index is 2.28. The number of rotatable bonds is 9. The van der Waals surface area contributed by atoms with Crippen molar-refractivity contribution in [3.8, 4) is 0 Å². The molecule has 0 aromatic carbocycles. The first-order chi connectivity index (χ1) is 8.67. The van der Waals surface area contributed by atoms with Crippen LogP contribution in [0.15, 0.2) is 16.7 Å². The van der Waals surface area contributed by atoms with Gasteiger partial charge in [0, 0.05) is 6.61 Å². The minimum Gasteiger partial charge on any atom is -0.478 e. The number of carboxylic acid groups (broad SMARTS) is 1. The first kappa shape index (κ1) is 14.8. The van der Waals surface area contributed by atoms with Gasteiger partial charge in [0.2, 0.25) is 0 Å². The standard InChI is InChI=1S/C14H22O4/c1-3-5-6-11(4-2)8-17-10-13-7-12(9-18-13)14(15)16/h7,9,11H,3-6,8,10H2,1-2H3,(H,15,16). The maximum absolute atomic E-state index is 10.7. The fourth-order valence-electron chi connectivity index (χ4n) is 1.79. The summed E-state index contributed by atoms with van der Waals surface area (Å²) in [6.45, 7) is 5.40. The van der Waals surface area contributed by atoms with Crippen LogP contribution >= 0.6 is 0 Å². The van der Waals surface area contributed by atoms with E-state index >= 15 is 0 Å². The lowest BCUT2D eigenvalue weighted by molar-refractivity contribution is 0.0696. The molecule has 0 aliphatic heterocycles. The summed E-state index contributed by atoms with van der Waals surface area (Å²) in [4.78, 5) is 10.7. The summed E-state index contributed by atoms with van der Waals surface area (Å²) in [5.41, 5.74) is 0.173. The molecule has 1 rings (SSSR count). The zero-order chi connectivity index (χ0) is 13.4. The summed E-state index contributed by atoms with van der Waals surface area (Å²) >= 11 is 0. The fourth-order valence-corrected chi connectivity index (χ4v) is 1.79. The Kier molecular flexibility index (Phi) is 6.50. The number of aromatic carboxylic acids is 1. The Hall–Kier alpha value is -1.29. The first-order valence-electron chi connectivity index (χ1n) is 6.55. The zero-order valence-electron chi connectivity index (χ0n) is 11.1. The fraction of sp³-hybridized carbons (Fsp3) is 0.643. The molecule has 0 amide bonds. The summed E-state index contributed by atoms with van der Waals surface area (Å²) in [5, 5.41) is 8.75. The average molecular weight is 254 g/mol. The molecule has 18 heavy (non-hydrogen) atoms. The number of hydrogen-bond donors (Lipinski definition) is 1. The van der Waals surface area contributed by atoms with Crippen molar-refractivity contribution in [1.82, 2.24) is 0 Å². The van der Waals surface area contributed by atoms with Crippen LogP contribution in [0.4, 0.5) is 0 Å². The van der Waals surface area contributed by atoms with Gasteiger partial charge in [0.15, 0.2) is 0 Å². The Morgan fingerprint density at radius 2 is 2.28 bits per heavy atom. The van der Waals surface area contributed by atoms with E-state index in [2.05, 4.69) is 13.8 Å². The molecule has 0 fully saturated rings. The maximum atomic E-state index is 10.7. The van der Waals surface area contributed by atoms with Crippen molar-refractivity contribution < 1.29 is 19.1 Å². The number of carboxylic acids is 1. The predicted molar refractivity (Wildman–Crippen MR) is 68.6 cm³/mol. The summed E-state index contributed by atoms with van der Waals surface area (Å²) < 4.78 is 10.7. The third kappa shape index (κ3) is 4.92. The molecule has 0 spiro atoms. The molecule has 4 nitrogen and oxygen atoms in total. The Morgan fingerprint density at radius 1 is 1.50 bits per heavy atom. The maximum Gasteiger partial charge on any atom is 0.338 e. The molecular weight excluding hydrogens is 232 g/mol. The molecule has 1 unspecified atom stereocenters. The van der Waals surface area contributed by atoms with E-state index in [1.165, 1.54) is 31.6 Å². The second kappa shape index (κ2) is 7.93. The van der Waals surface area contributed by atoms with Crippen LogP contribution in [0.25, 0.3) is 0 Å². The first-order valence-corrected chi connectivity index (χ1v) is 6.55. The Labute approximate surface area is 108 Å². The van der Waals surface area contributed by atoms with Gasteiger partial charge in [-0.2, -0.15) is 0 Å². The van der Waals surface area contributed by atoms with Gasteiger partial charge in [-0.05, 0) is 18.4 Å². The summed E-state index contributed by atoms with van der Waals surface area (Å²) in [5.74, 6) is 0.177. The van der Waals surface area contributed by atoms with E-state index in [0.717, 1.165) is 6.42 Å². The van der Waals surface area contributed by atoms with E-state index in [4.69, 9.17) is 14.3 Å². The quantitative estimate of drug-likeness (QED) is 0.729. The van der Waals surface area contributed by atoms with Crippen LogP contribution in [0.3, 0.4) is 0 Å². The largest absolute Gasteiger partial charge is 0.478 e. The van der Waals surface area contributed by atoms with Crippen LogP contribution in [-0.4, -0.2) is 17.7 Å². The molecule has 4 heteroatoms. The number of ether oxygens (including phenoxy) is 1. The zero-order valence-corrected chi connectivity index (χ0v) is 11.1. The number of furan rings is 1. The topological polar surface area (TPSA) is 59.7 Å².